The molecule has 1 aromatic carbocycles. The summed E-state index contributed by atoms with van der Waals surface area (Å²) in [5.74, 6) is 2.11. The normalized spacial score (nSPS) is 11.0. The lowest BCUT2D eigenvalue weighted by Crippen LogP contribution is -2.01. The number of benzene rings is 1. The van der Waals surface area contributed by atoms with Crippen LogP contribution in [0.25, 0.3) is 22.6 Å². The van der Waals surface area contributed by atoms with Crippen molar-refractivity contribution in [2.75, 3.05) is 14.2 Å². The highest BCUT2D eigenvalue weighted by molar-refractivity contribution is 5.76. The van der Waals surface area contributed by atoms with Crippen LogP contribution in [0.2, 0.25) is 0 Å². The second-order valence-electron chi connectivity index (χ2n) is 5.55. The maximum absolute atomic E-state index is 5.37. The van der Waals surface area contributed by atoms with E-state index >= 15 is 0 Å². The van der Waals surface area contributed by atoms with E-state index in [4.69, 9.17) is 14.5 Å². The average molecular weight is 335 g/mol. The smallest absolute Gasteiger partial charge is 0.177 e. The van der Waals surface area contributed by atoms with E-state index in [9.17, 15) is 0 Å². The highest BCUT2D eigenvalue weighted by Gasteiger charge is 2.13. The predicted octanol–water partition coefficient (Wildman–Crippen LogP) is 2.89. The lowest BCUT2D eigenvalue weighted by atomic mass is 10.2. The fraction of sp³-hybridized carbons (Fsp3) is 0.167. The molecule has 1 N–H and O–H groups in total. The quantitative estimate of drug-likeness (QED) is 0.607. The molecule has 0 saturated heterocycles. The van der Waals surface area contributed by atoms with Gasteiger partial charge in [0.1, 0.15) is 11.3 Å². The van der Waals surface area contributed by atoms with Crippen LogP contribution < -0.4 is 9.47 Å². The summed E-state index contributed by atoms with van der Waals surface area (Å²) in [5.41, 5.74) is 3.74. The summed E-state index contributed by atoms with van der Waals surface area (Å²) in [6.07, 6.45) is 5.33. The van der Waals surface area contributed by atoms with Crippen LogP contribution in [0, 0.1) is 0 Å². The third-order valence-electron chi connectivity index (χ3n) is 4.02. The minimum atomic E-state index is 0.641. The Morgan fingerprint density at radius 3 is 2.60 bits per heavy atom. The molecule has 25 heavy (non-hydrogen) atoms. The second-order valence-corrected chi connectivity index (χ2v) is 5.55. The topological polar surface area (TPSA) is 77.9 Å². The van der Waals surface area contributed by atoms with E-state index in [-0.39, 0.29) is 0 Å². The van der Waals surface area contributed by atoms with Gasteiger partial charge in [-0.1, -0.05) is 0 Å². The van der Waals surface area contributed by atoms with E-state index < -0.39 is 0 Å². The maximum Gasteiger partial charge on any atom is 0.177 e. The molecule has 0 atom stereocenters. The zero-order valence-electron chi connectivity index (χ0n) is 13.9. The van der Waals surface area contributed by atoms with Crippen LogP contribution >= 0.6 is 0 Å². The van der Waals surface area contributed by atoms with E-state index in [0.717, 1.165) is 28.1 Å². The largest absolute Gasteiger partial charge is 0.493 e. The lowest BCUT2D eigenvalue weighted by molar-refractivity contribution is 0.355. The fourth-order valence-electron chi connectivity index (χ4n) is 2.74. The number of aromatic amines is 1. The Balaban J connectivity index is 1.70. The molecule has 0 amide bonds. The molecule has 3 aromatic heterocycles. The van der Waals surface area contributed by atoms with Crippen molar-refractivity contribution in [3.8, 4) is 22.9 Å². The molecule has 0 bridgehead atoms. The molecule has 4 rings (SSSR count). The maximum atomic E-state index is 5.37. The standard InChI is InChI=1S/C18H17N5O2/c1-24-15-4-3-13(9-16(15)25-2)17-21-14-10-20-23(18(14)22-17)11-12-5-7-19-8-6-12/h3-10H,11H2,1-2H3,(H,21,22). The number of fused-ring (bicyclic) bond motifs is 1. The van der Waals surface area contributed by atoms with Gasteiger partial charge in [0.2, 0.25) is 0 Å². The van der Waals surface area contributed by atoms with Crippen molar-refractivity contribution < 1.29 is 9.47 Å². The van der Waals surface area contributed by atoms with E-state index in [1.807, 2.05) is 35.0 Å². The first kappa shape index (κ1) is 15.2. The summed E-state index contributed by atoms with van der Waals surface area (Å²) in [4.78, 5) is 12.0. The molecule has 0 fully saturated rings. The molecular weight excluding hydrogens is 318 g/mol. The number of aromatic nitrogens is 5. The first-order valence-corrected chi connectivity index (χ1v) is 7.81. The average Bonchev–Trinajstić information content (AvgIpc) is 3.24. The molecule has 4 aromatic rings. The number of imidazole rings is 1. The van der Waals surface area contributed by atoms with Gasteiger partial charge in [-0.3, -0.25) is 4.98 Å². The highest BCUT2D eigenvalue weighted by atomic mass is 16.5. The van der Waals surface area contributed by atoms with Gasteiger partial charge in [0.05, 0.1) is 27.0 Å². The van der Waals surface area contributed by atoms with Crippen molar-refractivity contribution in [2.24, 2.45) is 0 Å². The molecule has 0 spiro atoms. The van der Waals surface area contributed by atoms with Crippen molar-refractivity contribution in [2.45, 2.75) is 6.54 Å². The number of nitrogens with one attached hydrogen (secondary N) is 1. The number of methoxy groups -OCH3 is 2. The number of rotatable bonds is 5. The van der Waals surface area contributed by atoms with Crippen LogP contribution in [0.3, 0.4) is 0 Å². The third kappa shape index (κ3) is 2.80. The molecular formula is C18H17N5O2. The summed E-state index contributed by atoms with van der Waals surface area (Å²) in [6.45, 7) is 0.641. The summed E-state index contributed by atoms with van der Waals surface area (Å²) in [7, 11) is 3.24. The van der Waals surface area contributed by atoms with Crippen molar-refractivity contribution in [3.05, 3.63) is 54.5 Å². The lowest BCUT2D eigenvalue weighted by Gasteiger charge is -2.08. The van der Waals surface area contributed by atoms with Crippen LogP contribution in [0.15, 0.2) is 48.9 Å². The Morgan fingerprint density at radius 1 is 1.04 bits per heavy atom. The molecule has 0 aliphatic rings. The van der Waals surface area contributed by atoms with Gasteiger partial charge in [-0.25, -0.2) is 9.67 Å². The molecule has 126 valence electrons. The zero-order valence-corrected chi connectivity index (χ0v) is 13.9. The number of nitrogens with zero attached hydrogens (tertiary/aromatic N) is 4. The van der Waals surface area contributed by atoms with Crippen molar-refractivity contribution in [1.29, 1.82) is 0 Å². The van der Waals surface area contributed by atoms with Gasteiger partial charge in [-0.2, -0.15) is 5.10 Å². The summed E-state index contributed by atoms with van der Waals surface area (Å²) >= 11 is 0. The summed E-state index contributed by atoms with van der Waals surface area (Å²) < 4.78 is 12.5. The van der Waals surface area contributed by atoms with E-state index in [0.29, 0.717) is 18.0 Å². The molecule has 7 nitrogen and oxygen atoms in total. The Labute approximate surface area is 144 Å². The first-order valence-electron chi connectivity index (χ1n) is 7.81. The monoisotopic (exact) mass is 335 g/mol. The number of H-pyrrole nitrogens is 1. The highest BCUT2D eigenvalue weighted by Crippen LogP contribution is 2.31. The van der Waals surface area contributed by atoms with Crippen LogP contribution in [-0.4, -0.2) is 39.0 Å². The Bertz CT molecular complexity index is 1010. The minimum absolute atomic E-state index is 0.641. The van der Waals surface area contributed by atoms with Gasteiger partial charge in [0.25, 0.3) is 0 Å². The van der Waals surface area contributed by atoms with Crippen LogP contribution in [0.1, 0.15) is 5.56 Å². The Kier molecular flexibility index (Phi) is 3.81. The molecule has 3 heterocycles. The summed E-state index contributed by atoms with van der Waals surface area (Å²) in [6, 6.07) is 9.65. The number of ether oxygens (including phenoxy) is 2. The van der Waals surface area contributed by atoms with E-state index in [2.05, 4.69) is 15.1 Å². The molecule has 0 saturated carbocycles. The van der Waals surface area contributed by atoms with Crippen molar-refractivity contribution in [3.63, 3.8) is 0 Å². The van der Waals surface area contributed by atoms with Gasteiger partial charge >= 0.3 is 0 Å². The SMILES string of the molecule is COc1ccc(-c2nc3c(cnn3Cc3ccncc3)[nH]2)cc1OC. The Morgan fingerprint density at radius 2 is 1.84 bits per heavy atom. The number of hydrogen-bond donors (Lipinski definition) is 1. The van der Waals surface area contributed by atoms with Crippen LogP contribution in [-0.2, 0) is 6.54 Å². The van der Waals surface area contributed by atoms with Crippen LogP contribution in [0.5, 0.6) is 11.5 Å². The van der Waals surface area contributed by atoms with Crippen molar-refractivity contribution in [1.82, 2.24) is 24.7 Å². The van der Waals surface area contributed by atoms with Gasteiger partial charge in [0, 0.05) is 18.0 Å². The van der Waals surface area contributed by atoms with Gasteiger partial charge in [-0.15, -0.1) is 0 Å². The van der Waals surface area contributed by atoms with E-state index in [1.54, 1.807) is 32.8 Å². The zero-order chi connectivity index (χ0) is 17.2. The minimum Gasteiger partial charge on any atom is -0.493 e. The fourth-order valence-corrected chi connectivity index (χ4v) is 2.74. The molecule has 0 radical (unpaired) electrons. The van der Waals surface area contributed by atoms with E-state index in [1.165, 1.54) is 0 Å². The van der Waals surface area contributed by atoms with Gasteiger partial charge in [0.15, 0.2) is 17.1 Å². The van der Waals surface area contributed by atoms with Crippen molar-refractivity contribution >= 4 is 11.2 Å². The molecule has 0 unspecified atom stereocenters. The second kappa shape index (κ2) is 6.27. The Hall–Kier alpha value is -3.35. The molecule has 7 heteroatoms. The van der Waals surface area contributed by atoms with Crippen LogP contribution in [0.4, 0.5) is 0 Å². The van der Waals surface area contributed by atoms with Gasteiger partial charge in [-0.05, 0) is 35.9 Å². The third-order valence-corrected chi connectivity index (χ3v) is 4.02. The predicted molar refractivity (Wildman–Crippen MR) is 93.8 cm³/mol. The summed E-state index contributed by atoms with van der Waals surface area (Å²) in [5, 5.41) is 4.40. The van der Waals surface area contributed by atoms with Gasteiger partial charge < -0.3 is 14.5 Å². The molecule has 0 aliphatic carbocycles. The molecule has 0 aliphatic heterocycles. The number of hydrogen-bond acceptors (Lipinski definition) is 5. The number of pyridine rings is 1. The first-order chi connectivity index (χ1) is 12.3.